The van der Waals surface area contributed by atoms with Gasteiger partial charge in [0.25, 0.3) is 5.91 Å². The molecule has 0 spiro atoms. The largest absolute Gasteiger partial charge is 0.492 e. The molecule has 0 fully saturated rings. The number of amides is 1. The molecule has 0 atom stereocenters. The zero-order valence-electron chi connectivity index (χ0n) is 13.0. The van der Waals surface area contributed by atoms with Crippen molar-refractivity contribution >= 4 is 22.6 Å². The molecule has 1 aliphatic heterocycles. The van der Waals surface area contributed by atoms with E-state index in [4.69, 9.17) is 18.6 Å². The van der Waals surface area contributed by atoms with E-state index in [-0.39, 0.29) is 11.7 Å². The Bertz CT molecular complexity index is 915. The number of para-hydroxylation sites is 1. The molecular weight excluding hydrogens is 310 g/mol. The highest BCUT2D eigenvalue weighted by molar-refractivity contribution is 6.08. The molecule has 4 rings (SSSR count). The second-order valence-corrected chi connectivity index (χ2v) is 5.27. The van der Waals surface area contributed by atoms with Crippen LogP contribution in [0.2, 0.25) is 0 Å². The molecule has 6 nitrogen and oxygen atoms in total. The topological polar surface area (TPSA) is 69.9 Å². The van der Waals surface area contributed by atoms with Gasteiger partial charge in [-0.2, -0.15) is 0 Å². The first-order valence-corrected chi connectivity index (χ1v) is 7.53. The van der Waals surface area contributed by atoms with Gasteiger partial charge in [0.15, 0.2) is 17.2 Å². The first-order chi connectivity index (χ1) is 11.8. The monoisotopic (exact) mass is 325 g/mol. The van der Waals surface area contributed by atoms with E-state index in [1.54, 1.807) is 24.3 Å². The fourth-order valence-corrected chi connectivity index (χ4v) is 2.68. The van der Waals surface area contributed by atoms with E-state index >= 15 is 0 Å². The molecule has 1 N–H and O–H groups in total. The Hall–Kier alpha value is -3.15. The first kappa shape index (κ1) is 14.4. The lowest BCUT2D eigenvalue weighted by Crippen LogP contribution is -2.16. The maximum Gasteiger partial charge on any atom is 0.295 e. The van der Waals surface area contributed by atoms with Gasteiger partial charge < -0.3 is 23.9 Å². The Morgan fingerprint density at radius 3 is 2.71 bits per heavy atom. The number of hydrogen-bond acceptors (Lipinski definition) is 5. The summed E-state index contributed by atoms with van der Waals surface area (Å²) in [5.74, 6) is 1.44. The van der Waals surface area contributed by atoms with Gasteiger partial charge in [-0.05, 0) is 24.3 Å². The Morgan fingerprint density at radius 2 is 1.88 bits per heavy atom. The normalized spacial score (nSPS) is 12.9. The van der Waals surface area contributed by atoms with Gasteiger partial charge in [-0.1, -0.05) is 12.1 Å². The molecule has 2 aromatic carbocycles. The highest BCUT2D eigenvalue weighted by Crippen LogP contribution is 2.35. The molecule has 3 aromatic rings. The van der Waals surface area contributed by atoms with Crippen molar-refractivity contribution in [3.8, 4) is 17.2 Å². The van der Waals surface area contributed by atoms with Gasteiger partial charge >= 0.3 is 0 Å². The van der Waals surface area contributed by atoms with Gasteiger partial charge in [0.1, 0.15) is 18.8 Å². The predicted octanol–water partition coefficient (Wildman–Crippen LogP) is 3.46. The van der Waals surface area contributed by atoms with Crippen molar-refractivity contribution in [2.75, 3.05) is 25.6 Å². The van der Waals surface area contributed by atoms with Crippen LogP contribution in [-0.2, 0) is 0 Å². The van der Waals surface area contributed by atoms with E-state index in [1.807, 2.05) is 18.2 Å². The minimum atomic E-state index is -0.389. The zero-order valence-corrected chi connectivity index (χ0v) is 13.0. The van der Waals surface area contributed by atoms with Crippen LogP contribution in [0.3, 0.4) is 0 Å². The number of rotatable bonds is 3. The third-order valence-electron chi connectivity index (χ3n) is 3.76. The number of furan rings is 1. The SMILES string of the molecule is COc1c(C(=O)Nc2ccc3c(c2)OCCO3)oc2ccccc12. The number of carbonyl (C=O) groups excluding carboxylic acids is 1. The zero-order chi connectivity index (χ0) is 16.5. The van der Waals surface area contributed by atoms with Crippen LogP contribution in [0.4, 0.5) is 5.69 Å². The van der Waals surface area contributed by atoms with Crippen LogP contribution >= 0.6 is 0 Å². The molecule has 1 aromatic heterocycles. The molecule has 0 radical (unpaired) electrons. The Balaban J connectivity index is 1.65. The first-order valence-electron chi connectivity index (χ1n) is 7.53. The number of anilines is 1. The summed E-state index contributed by atoms with van der Waals surface area (Å²) in [7, 11) is 1.51. The lowest BCUT2D eigenvalue weighted by atomic mass is 10.2. The lowest BCUT2D eigenvalue weighted by Gasteiger charge is -2.18. The van der Waals surface area contributed by atoms with Gasteiger partial charge in [-0.15, -0.1) is 0 Å². The van der Waals surface area contributed by atoms with Crippen LogP contribution in [0.15, 0.2) is 46.9 Å². The van der Waals surface area contributed by atoms with E-state index in [0.29, 0.717) is 41.7 Å². The maximum atomic E-state index is 12.6. The highest BCUT2D eigenvalue weighted by Gasteiger charge is 2.22. The van der Waals surface area contributed by atoms with Crippen LogP contribution in [0.1, 0.15) is 10.6 Å². The van der Waals surface area contributed by atoms with Gasteiger partial charge in [0.05, 0.1) is 12.5 Å². The third-order valence-corrected chi connectivity index (χ3v) is 3.76. The summed E-state index contributed by atoms with van der Waals surface area (Å²) < 4.78 is 22.0. The summed E-state index contributed by atoms with van der Waals surface area (Å²) in [4.78, 5) is 12.6. The van der Waals surface area contributed by atoms with Gasteiger partial charge in [-0.25, -0.2) is 0 Å². The summed E-state index contributed by atoms with van der Waals surface area (Å²) in [6, 6.07) is 12.6. The molecule has 2 heterocycles. The molecule has 0 saturated carbocycles. The summed E-state index contributed by atoms with van der Waals surface area (Å²) in [5, 5.41) is 3.55. The van der Waals surface area contributed by atoms with E-state index in [1.165, 1.54) is 7.11 Å². The molecule has 0 bridgehead atoms. The van der Waals surface area contributed by atoms with Crippen molar-refractivity contribution in [3.05, 3.63) is 48.2 Å². The smallest absolute Gasteiger partial charge is 0.295 e. The standard InChI is InChI=1S/C18H15NO5/c1-21-16-12-4-2-3-5-13(12)24-17(16)18(20)19-11-6-7-14-15(10-11)23-9-8-22-14/h2-7,10H,8-9H2,1H3,(H,19,20). The lowest BCUT2D eigenvalue weighted by molar-refractivity contribution is 0.0994. The van der Waals surface area contributed by atoms with Crippen LogP contribution in [0, 0.1) is 0 Å². The van der Waals surface area contributed by atoms with E-state index < -0.39 is 0 Å². The van der Waals surface area contributed by atoms with Crippen molar-refractivity contribution in [1.82, 2.24) is 0 Å². The number of hydrogen-bond donors (Lipinski definition) is 1. The summed E-state index contributed by atoms with van der Waals surface area (Å²) >= 11 is 0. The summed E-state index contributed by atoms with van der Waals surface area (Å²) in [5.41, 5.74) is 1.19. The average Bonchev–Trinajstić information content (AvgIpc) is 3.00. The second-order valence-electron chi connectivity index (χ2n) is 5.27. The van der Waals surface area contributed by atoms with Crippen LogP contribution < -0.4 is 19.5 Å². The van der Waals surface area contributed by atoms with Crippen molar-refractivity contribution in [3.63, 3.8) is 0 Å². The second kappa shape index (κ2) is 5.81. The molecule has 0 saturated heterocycles. The molecule has 6 heteroatoms. The van der Waals surface area contributed by atoms with Crippen molar-refractivity contribution in [2.24, 2.45) is 0 Å². The van der Waals surface area contributed by atoms with Gasteiger partial charge in [-0.3, -0.25) is 4.79 Å². The van der Waals surface area contributed by atoms with E-state index in [2.05, 4.69) is 5.32 Å². The molecule has 0 unspecified atom stereocenters. The molecule has 24 heavy (non-hydrogen) atoms. The molecule has 1 aliphatic rings. The Labute approximate surface area is 137 Å². The fraction of sp³-hybridized carbons (Fsp3) is 0.167. The predicted molar refractivity (Wildman–Crippen MR) is 88.2 cm³/mol. The number of nitrogens with one attached hydrogen (secondary N) is 1. The van der Waals surface area contributed by atoms with Gasteiger partial charge in [0.2, 0.25) is 5.76 Å². The summed E-state index contributed by atoms with van der Waals surface area (Å²) in [6.07, 6.45) is 0. The highest BCUT2D eigenvalue weighted by atomic mass is 16.6. The minimum absolute atomic E-state index is 0.133. The Kier molecular flexibility index (Phi) is 3.49. The number of ether oxygens (including phenoxy) is 3. The third kappa shape index (κ3) is 2.42. The van der Waals surface area contributed by atoms with E-state index in [0.717, 1.165) is 5.39 Å². The number of benzene rings is 2. The fourth-order valence-electron chi connectivity index (χ4n) is 2.68. The van der Waals surface area contributed by atoms with E-state index in [9.17, 15) is 4.79 Å². The number of methoxy groups -OCH3 is 1. The quantitative estimate of drug-likeness (QED) is 0.798. The number of carbonyl (C=O) groups is 1. The van der Waals surface area contributed by atoms with Crippen LogP contribution in [0.5, 0.6) is 17.2 Å². The van der Waals surface area contributed by atoms with Crippen LogP contribution in [0.25, 0.3) is 11.0 Å². The average molecular weight is 325 g/mol. The van der Waals surface area contributed by atoms with Crippen molar-refractivity contribution in [1.29, 1.82) is 0 Å². The molecule has 122 valence electrons. The van der Waals surface area contributed by atoms with Gasteiger partial charge in [0, 0.05) is 11.8 Å². The maximum absolute atomic E-state index is 12.6. The van der Waals surface area contributed by atoms with Crippen molar-refractivity contribution in [2.45, 2.75) is 0 Å². The molecular formula is C18H15NO5. The minimum Gasteiger partial charge on any atom is -0.492 e. The summed E-state index contributed by atoms with van der Waals surface area (Å²) in [6.45, 7) is 1.01. The van der Waals surface area contributed by atoms with Crippen molar-refractivity contribution < 1.29 is 23.4 Å². The molecule has 0 aliphatic carbocycles. The van der Waals surface area contributed by atoms with Crippen LogP contribution in [-0.4, -0.2) is 26.2 Å². The Morgan fingerprint density at radius 1 is 1.08 bits per heavy atom. The number of fused-ring (bicyclic) bond motifs is 2. The molecule has 1 amide bonds.